The van der Waals surface area contributed by atoms with E-state index in [1.807, 2.05) is 6.92 Å². The quantitative estimate of drug-likeness (QED) is 0.254. The average molecular weight is 277 g/mol. The van der Waals surface area contributed by atoms with Crippen molar-refractivity contribution in [3.05, 3.63) is 11.8 Å². The monoisotopic (exact) mass is 277 g/mol. The SMILES string of the molecule is CCCCCC=C(O)[C@@H](O)[C@H]1OC([O])(O)[C@@H](O)[C@H]1O. The number of hydrogen-bond donors (Lipinski definition) is 5. The predicted molar refractivity (Wildman–Crippen MR) is 63.4 cm³/mol. The third-order valence-electron chi connectivity index (χ3n) is 3.11. The van der Waals surface area contributed by atoms with Crippen molar-refractivity contribution in [2.75, 3.05) is 0 Å². The summed E-state index contributed by atoms with van der Waals surface area (Å²) in [5, 5.41) is 58.3. The minimum absolute atomic E-state index is 0.454. The summed E-state index contributed by atoms with van der Waals surface area (Å²) >= 11 is 0. The molecule has 1 aliphatic heterocycles. The van der Waals surface area contributed by atoms with Crippen molar-refractivity contribution >= 4 is 0 Å². The fourth-order valence-corrected chi connectivity index (χ4v) is 1.91. The topological polar surface area (TPSA) is 130 Å². The lowest BCUT2D eigenvalue weighted by atomic mass is 10.0. The first-order valence-corrected chi connectivity index (χ1v) is 6.35. The number of ether oxygens (including phenoxy) is 1. The molecule has 7 heteroatoms. The molecule has 19 heavy (non-hydrogen) atoms. The van der Waals surface area contributed by atoms with Gasteiger partial charge in [-0.25, -0.2) is 0 Å². The van der Waals surface area contributed by atoms with E-state index in [0.717, 1.165) is 19.3 Å². The highest BCUT2D eigenvalue weighted by molar-refractivity contribution is 5.06. The Morgan fingerprint density at radius 2 is 2.05 bits per heavy atom. The molecule has 0 bridgehead atoms. The molecular formula is C12H21O7. The van der Waals surface area contributed by atoms with Gasteiger partial charge in [-0.05, 0) is 18.9 Å². The van der Waals surface area contributed by atoms with E-state index in [0.29, 0.717) is 6.42 Å². The molecule has 0 aliphatic carbocycles. The summed E-state index contributed by atoms with van der Waals surface area (Å²) in [6.45, 7) is 2.03. The van der Waals surface area contributed by atoms with Crippen LogP contribution in [-0.2, 0) is 9.84 Å². The van der Waals surface area contributed by atoms with Crippen molar-refractivity contribution in [3.63, 3.8) is 0 Å². The number of allylic oxidation sites excluding steroid dienone is 1. The van der Waals surface area contributed by atoms with Crippen molar-refractivity contribution in [3.8, 4) is 0 Å². The lowest BCUT2D eigenvalue weighted by Gasteiger charge is -2.20. The molecule has 1 heterocycles. The molecule has 0 spiro atoms. The number of aliphatic hydroxyl groups is 5. The Morgan fingerprint density at radius 1 is 1.42 bits per heavy atom. The van der Waals surface area contributed by atoms with E-state index in [9.17, 15) is 25.5 Å². The van der Waals surface area contributed by atoms with Gasteiger partial charge in [0, 0.05) is 0 Å². The summed E-state index contributed by atoms with van der Waals surface area (Å²) in [5.74, 6) is -3.64. The molecule has 1 fully saturated rings. The second-order valence-electron chi connectivity index (χ2n) is 4.72. The molecule has 7 nitrogen and oxygen atoms in total. The van der Waals surface area contributed by atoms with Gasteiger partial charge in [-0.1, -0.05) is 19.8 Å². The van der Waals surface area contributed by atoms with Gasteiger partial charge in [-0.3, -0.25) is 0 Å². The molecule has 111 valence electrons. The number of rotatable bonds is 6. The molecule has 0 saturated carbocycles. The molecular weight excluding hydrogens is 256 g/mol. The molecule has 1 unspecified atom stereocenters. The maximum atomic E-state index is 11.2. The minimum atomic E-state index is -3.19. The van der Waals surface area contributed by atoms with Crippen LogP contribution in [0.3, 0.4) is 0 Å². The van der Waals surface area contributed by atoms with Gasteiger partial charge in [0.1, 0.15) is 24.1 Å². The van der Waals surface area contributed by atoms with Crippen LogP contribution < -0.4 is 0 Å². The van der Waals surface area contributed by atoms with E-state index in [1.54, 1.807) is 0 Å². The number of hydrogen-bond acceptors (Lipinski definition) is 6. The maximum Gasteiger partial charge on any atom is 0.339 e. The van der Waals surface area contributed by atoms with E-state index in [4.69, 9.17) is 5.11 Å². The molecule has 1 rings (SSSR count). The standard InChI is InChI=1S/C12H21O7/c1-2-3-4-5-6-7(13)8(14)10-9(15)11(16)12(17,18)19-10/h6,8-11,13-17H,2-5H2,1H3/t8-,9+,10-,11+,12?/m1/s1. The highest BCUT2D eigenvalue weighted by atomic mass is 16.8. The van der Waals surface area contributed by atoms with Gasteiger partial charge in [-0.15, -0.1) is 0 Å². The molecule has 5 N–H and O–H groups in total. The van der Waals surface area contributed by atoms with Gasteiger partial charge in [0.2, 0.25) is 0 Å². The van der Waals surface area contributed by atoms with Gasteiger partial charge in [0.15, 0.2) is 6.10 Å². The van der Waals surface area contributed by atoms with Gasteiger partial charge in [0.05, 0.1) is 0 Å². The summed E-state index contributed by atoms with van der Waals surface area (Å²) in [7, 11) is 0. The van der Waals surface area contributed by atoms with Gasteiger partial charge < -0.3 is 30.3 Å². The molecule has 0 aromatic carbocycles. The van der Waals surface area contributed by atoms with Crippen molar-refractivity contribution in [1.82, 2.24) is 0 Å². The van der Waals surface area contributed by atoms with Crippen LogP contribution in [0.2, 0.25) is 0 Å². The third-order valence-corrected chi connectivity index (χ3v) is 3.11. The second-order valence-corrected chi connectivity index (χ2v) is 4.72. The highest BCUT2D eigenvalue weighted by Gasteiger charge is 2.56. The van der Waals surface area contributed by atoms with Crippen LogP contribution in [0.4, 0.5) is 0 Å². The van der Waals surface area contributed by atoms with Gasteiger partial charge in [0.25, 0.3) is 0 Å². The Labute approximate surface area is 111 Å². The lowest BCUT2D eigenvalue weighted by Crippen LogP contribution is -2.42. The first-order chi connectivity index (χ1) is 8.81. The summed E-state index contributed by atoms with van der Waals surface area (Å²) in [6, 6.07) is 0. The van der Waals surface area contributed by atoms with Crippen molar-refractivity contribution in [1.29, 1.82) is 0 Å². The fourth-order valence-electron chi connectivity index (χ4n) is 1.91. The summed E-state index contributed by atoms with van der Waals surface area (Å²) in [6.07, 6.45) is -2.39. The molecule has 0 amide bonds. The Hall–Kier alpha value is -0.700. The van der Waals surface area contributed by atoms with E-state index in [2.05, 4.69) is 4.74 Å². The Bertz CT molecular complexity index is 315. The summed E-state index contributed by atoms with van der Waals surface area (Å²) in [4.78, 5) is 0. The zero-order valence-electron chi connectivity index (χ0n) is 10.8. The molecule has 5 atom stereocenters. The number of aliphatic hydroxyl groups excluding tert-OH is 4. The third kappa shape index (κ3) is 3.88. The minimum Gasteiger partial charge on any atom is -0.510 e. The van der Waals surface area contributed by atoms with Crippen LogP contribution in [-0.4, -0.2) is 55.9 Å². The van der Waals surface area contributed by atoms with Crippen LogP contribution in [0.15, 0.2) is 11.8 Å². The van der Waals surface area contributed by atoms with Crippen molar-refractivity contribution < 1.29 is 35.4 Å². The van der Waals surface area contributed by atoms with Crippen molar-refractivity contribution in [2.45, 2.75) is 63.0 Å². The summed E-state index contributed by atoms with van der Waals surface area (Å²) < 4.78 is 4.43. The molecule has 1 saturated heterocycles. The fraction of sp³-hybridized carbons (Fsp3) is 0.833. The Balaban J connectivity index is 2.60. The maximum absolute atomic E-state index is 11.2. The Kier molecular flexibility index (Phi) is 5.72. The van der Waals surface area contributed by atoms with Crippen molar-refractivity contribution in [2.24, 2.45) is 0 Å². The lowest BCUT2D eigenvalue weighted by molar-refractivity contribution is -0.386. The zero-order chi connectivity index (χ0) is 14.6. The zero-order valence-corrected chi connectivity index (χ0v) is 10.8. The average Bonchev–Trinajstić information content (AvgIpc) is 2.57. The Morgan fingerprint density at radius 3 is 2.53 bits per heavy atom. The molecule has 1 radical (unpaired) electrons. The first kappa shape index (κ1) is 16.4. The predicted octanol–water partition coefficient (Wildman–Crippen LogP) is -0.433. The van der Waals surface area contributed by atoms with E-state index < -0.39 is 36.1 Å². The van der Waals surface area contributed by atoms with Crippen LogP contribution in [0, 0.1) is 0 Å². The molecule has 0 aromatic rings. The van der Waals surface area contributed by atoms with E-state index in [1.165, 1.54) is 6.08 Å². The number of unbranched alkanes of at least 4 members (excludes halogenated alkanes) is 3. The normalized spacial score (nSPS) is 32.5. The second kappa shape index (κ2) is 6.65. The largest absolute Gasteiger partial charge is 0.510 e. The van der Waals surface area contributed by atoms with Crippen LogP contribution in [0.5, 0.6) is 0 Å². The smallest absolute Gasteiger partial charge is 0.339 e. The molecule has 1 aliphatic rings. The van der Waals surface area contributed by atoms with E-state index >= 15 is 0 Å². The first-order valence-electron chi connectivity index (χ1n) is 6.35. The highest BCUT2D eigenvalue weighted by Crippen LogP contribution is 2.30. The summed E-state index contributed by atoms with van der Waals surface area (Å²) in [5.41, 5.74) is 0. The van der Waals surface area contributed by atoms with Crippen LogP contribution in [0.25, 0.3) is 0 Å². The van der Waals surface area contributed by atoms with E-state index in [-0.39, 0.29) is 0 Å². The van der Waals surface area contributed by atoms with Crippen LogP contribution in [0.1, 0.15) is 32.6 Å². The van der Waals surface area contributed by atoms with Gasteiger partial charge in [-0.2, -0.15) is 5.11 Å². The molecule has 0 aromatic heterocycles. The van der Waals surface area contributed by atoms with Gasteiger partial charge >= 0.3 is 5.97 Å². The van der Waals surface area contributed by atoms with Crippen LogP contribution >= 0.6 is 0 Å².